The van der Waals surface area contributed by atoms with Gasteiger partial charge in [0, 0.05) is 31.6 Å². The van der Waals surface area contributed by atoms with Crippen molar-refractivity contribution < 1.29 is 24.3 Å². The summed E-state index contributed by atoms with van der Waals surface area (Å²) in [7, 11) is 0. The Hall–Kier alpha value is -3.88. The van der Waals surface area contributed by atoms with Gasteiger partial charge in [-0.3, -0.25) is 14.4 Å². The number of Topliss-reactive ketones (excluding diaryl/α,β-unsaturated/α-hetero) is 1. The molecule has 8 nitrogen and oxygen atoms in total. The summed E-state index contributed by atoms with van der Waals surface area (Å²) in [5, 5.41) is 15.3. The Morgan fingerprint density at radius 2 is 1.86 bits per heavy atom. The summed E-state index contributed by atoms with van der Waals surface area (Å²) in [6.45, 7) is 2.58. The fraction of sp³-hybridized carbons (Fsp3) is 0.312. The van der Waals surface area contributed by atoms with Crippen LogP contribution in [0.25, 0.3) is 0 Å². The van der Waals surface area contributed by atoms with E-state index in [1.54, 1.807) is 4.90 Å². The predicted octanol–water partition coefficient (Wildman–Crippen LogP) is 5.76. The highest BCUT2D eigenvalue weighted by Crippen LogP contribution is 2.36. The van der Waals surface area contributed by atoms with E-state index in [1.807, 2.05) is 55.5 Å². The standard InChI is InChI=1S/C32H31Cl2N3O5/c1-18-5-4-6-19(13-18)17-37-12-11-23-24(30(37)39)15-25(33)28(29(23)34)27(38)14-21(31(40)41)16-35-32(42)36-26-10-9-20-7-2-3-8-22(20)26/h2-8,13,15,21,26H,9-12,14,16-17H2,1H3,(H,40,41)(H2,35,36,42). The smallest absolute Gasteiger partial charge is 0.315 e. The third-order valence-electron chi connectivity index (χ3n) is 7.93. The van der Waals surface area contributed by atoms with E-state index in [-0.39, 0.29) is 34.1 Å². The molecule has 1 aliphatic carbocycles. The minimum atomic E-state index is -1.23. The number of carbonyl (C=O) groups excluding carboxylic acids is 3. The maximum atomic E-state index is 13.3. The van der Waals surface area contributed by atoms with E-state index in [0.717, 1.165) is 29.5 Å². The lowest BCUT2D eigenvalue weighted by atomic mass is 9.91. The molecule has 0 saturated heterocycles. The van der Waals surface area contributed by atoms with Crippen LogP contribution >= 0.6 is 23.2 Å². The Kier molecular flexibility index (Phi) is 8.85. The number of carboxylic acid groups (broad SMARTS) is 1. The van der Waals surface area contributed by atoms with Crippen LogP contribution in [0, 0.1) is 12.8 Å². The molecule has 2 unspecified atom stereocenters. The van der Waals surface area contributed by atoms with Gasteiger partial charge >= 0.3 is 12.0 Å². The summed E-state index contributed by atoms with van der Waals surface area (Å²) in [4.78, 5) is 52.9. The number of hydrogen-bond donors (Lipinski definition) is 3. The second-order valence-electron chi connectivity index (χ2n) is 10.8. The number of rotatable bonds is 9. The van der Waals surface area contributed by atoms with Gasteiger partial charge in [0.1, 0.15) is 0 Å². The number of benzene rings is 3. The van der Waals surface area contributed by atoms with Crippen molar-refractivity contribution in [3.8, 4) is 0 Å². The molecule has 2 atom stereocenters. The van der Waals surface area contributed by atoms with Crippen molar-refractivity contribution in [3.05, 3.63) is 104 Å². The van der Waals surface area contributed by atoms with E-state index in [9.17, 15) is 24.3 Å². The lowest BCUT2D eigenvalue weighted by molar-refractivity contribution is -0.141. The fourth-order valence-electron chi connectivity index (χ4n) is 5.76. The number of aliphatic carboxylic acids is 1. The fourth-order valence-corrected chi connectivity index (χ4v) is 6.52. The van der Waals surface area contributed by atoms with Gasteiger partial charge in [0.25, 0.3) is 5.91 Å². The molecule has 1 aliphatic heterocycles. The molecule has 0 aromatic heterocycles. The molecule has 3 amide bonds. The maximum absolute atomic E-state index is 13.3. The Balaban J connectivity index is 1.24. The molecule has 2 aliphatic rings. The average Bonchev–Trinajstić information content (AvgIpc) is 3.35. The molecule has 0 fully saturated rings. The summed E-state index contributed by atoms with van der Waals surface area (Å²) in [6, 6.07) is 16.6. The summed E-state index contributed by atoms with van der Waals surface area (Å²) < 4.78 is 0. The first kappa shape index (κ1) is 29.6. The van der Waals surface area contributed by atoms with Gasteiger partial charge in [-0.2, -0.15) is 0 Å². The SMILES string of the molecule is Cc1cccc(CN2CCc3c(cc(Cl)c(C(=O)CC(CNC(=O)NC4CCc5ccccc54)C(=O)O)c3Cl)C2=O)c1. The number of carbonyl (C=O) groups is 4. The highest BCUT2D eigenvalue weighted by atomic mass is 35.5. The number of halogens is 2. The van der Waals surface area contributed by atoms with Crippen LogP contribution in [0.2, 0.25) is 10.0 Å². The van der Waals surface area contributed by atoms with Crippen LogP contribution < -0.4 is 10.6 Å². The van der Waals surface area contributed by atoms with Gasteiger partial charge in [0.15, 0.2) is 5.78 Å². The number of hydrogen-bond acceptors (Lipinski definition) is 4. The third-order valence-corrected chi connectivity index (χ3v) is 8.65. The lowest BCUT2D eigenvalue weighted by Gasteiger charge is -2.30. The van der Waals surface area contributed by atoms with E-state index in [0.29, 0.717) is 30.6 Å². The zero-order chi connectivity index (χ0) is 30.0. The molecule has 1 heterocycles. The van der Waals surface area contributed by atoms with Crippen LogP contribution in [0.5, 0.6) is 0 Å². The van der Waals surface area contributed by atoms with Crippen LogP contribution in [0.1, 0.15) is 67.4 Å². The van der Waals surface area contributed by atoms with Crippen LogP contribution in [-0.2, 0) is 24.2 Å². The molecule has 0 spiro atoms. The largest absolute Gasteiger partial charge is 0.481 e. The maximum Gasteiger partial charge on any atom is 0.315 e. The molecule has 5 rings (SSSR count). The van der Waals surface area contributed by atoms with Crippen LogP contribution in [-0.4, -0.2) is 46.8 Å². The van der Waals surface area contributed by atoms with Crippen molar-refractivity contribution in [2.24, 2.45) is 5.92 Å². The zero-order valence-electron chi connectivity index (χ0n) is 23.1. The zero-order valence-corrected chi connectivity index (χ0v) is 24.6. The number of carboxylic acids is 1. The van der Waals surface area contributed by atoms with Gasteiger partial charge in [-0.15, -0.1) is 0 Å². The number of ketones is 1. The number of nitrogens with one attached hydrogen (secondary N) is 2. The minimum absolute atomic E-state index is 0.00437. The molecular weight excluding hydrogens is 577 g/mol. The molecule has 3 aromatic rings. The van der Waals surface area contributed by atoms with Gasteiger partial charge in [0.05, 0.1) is 27.6 Å². The summed E-state index contributed by atoms with van der Waals surface area (Å²) in [5.74, 6) is -3.23. The Morgan fingerprint density at radius 1 is 1.07 bits per heavy atom. The van der Waals surface area contributed by atoms with E-state index in [2.05, 4.69) is 10.6 Å². The van der Waals surface area contributed by atoms with Crippen LogP contribution in [0.15, 0.2) is 54.6 Å². The quantitative estimate of drug-likeness (QED) is 0.267. The third kappa shape index (κ3) is 6.30. The highest BCUT2D eigenvalue weighted by Gasteiger charge is 2.32. The summed E-state index contributed by atoms with van der Waals surface area (Å²) >= 11 is 13.1. The highest BCUT2D eigenvalue weighted by molar-refractivity contribution is 6.41. The second-order valence-corrected chi connectivity index (χ2v) is 11.6. The molecule has 0 saturated carbocycles. The topological polar surface area (TPSA) is 116 Å². The van der Waals surface area contributed by atoms with Crippen molar-refractivity contribution in [3.63, 3.8) is 0 Å². The molecule has 3 aromatic carbocycles. The number of fused-ring (bicyclic) bond motifs is 2. The molecule has 218 valence electrons. The minimum Gasteiger partial charge on any atom is -0.481 e. The normalized spacial score (nSPS) is 16.4. The molecule has 0 bridgehead atoms. The van der Waals surface area contributed by atoms with Gasteiger partial charge in [-0.05, 0) is 54.5 Å². The van der Waals surface area contributed by atoms with Crippen molar-refractivity contribution in [2.45, 2.75) is 45.2 Å². The van der Waals surface area contributed by atoms with Crippen molar-refractivity contribution >= 4 is 46.9 Å². The van der Waals surface area contributed by atoms with E-state index in [1.165, 1.54) is 11.6 Å². The van der Waals surface area contributed by atoms with Crippen molar-refractivity contribution in [1.29, 1.82) is 0 Å². The number of urea groups is 1. The molecule has 10 heteroatoms. The lowest BCUT2D eigenvalue weighted by Crippen LogP contribution is -2.41. The van der Waals surface area contributed by atoms with Gasteiger partial charge < -0.3 is 20.6 Å². The van der Waals surface area contributed by atoms with Crippen molar-refractivity contribution in [2.75, 3.05) is 13.1 Å². The van der Waals surface area contributed by atoms with E-state index >= 15 is 0 Å². The van der Waals surface area contributed by atoms with Gasteiger partial charge in [-0.25, -0.2) is 4.79 Å². The first-order chi connectivity index (χ1) is 20.1. The van der Waals surface area contributed by atoms with Gasteiger partial charge in [0.2, 0.25) is 0 Å². The predicted molar refractivity (Wildman–Crippen MR) is 160 cm³/mol. The molecular formula is C32H31Cl2N3O5. The number of amides is 3. The van der Waals surface area contributed by atoms with Crippen molar-refractivity contribution in [1.82, 2.24) is 15.5 Å². The summed E-state index contributed by atoms with van der Waals surface area (Å²) in [6.07, 6.45) is 1.62. The monoisotopic (exact) mass is 607 g/mol. The first-order valence-corrected chi connectivity index (χ1v) is 14.6. The molecule has 3 N–H and O–H groups in total. The molecule has 0 radical (unpaired) electrons. The Labute approximate surface area is 254 Å². The number of nitrogens with zero attached hydrogens (tertiary/aromatic N) is 1. The van der Waals surface area contributed by atoms with Crippen LogP contribution in [0.3, 0.4) is 0 Å². The molecule has 42 heavy (non-hydrogen) atoms. The van der Waals surface area contributed by atoms with E-state index < -0.39 is 30.1 Å². The van der Waals surface area contributed by atoms with E-state index in [4.69, 9.17) is 23.2 Å². The Morgan fingerprint density at radius 3 is 2.62 bits per heavy atom. The Bertz CT molecular complexity index is 1570. The van der Waals surface area contributed by atoms with Crippen LogP contribution in [0.4, 0.5) is 4.79 Å². The van der Waals surface area contributed by atoms with Gasteiger partial charge in [-0.1, -0.05) is 77.3 Å². The second kappa shape index (κ2) is 12.5. The first-order valence-electron chi connectivity index (χ1n) is 13.9. The summed E-state index contributed by atoms with van der Waals surface area (Å²) in [5.41, 5.74) is 5.18. The average molecular weight is 609 g/mol. The number of aryl methyl sites for hydroxylation is 2.